The van der Waals surface area contributed by atoms with E-state index in [1.165, 1.54) is 31.2 Å². The number of hydrogen-bond donors (Lipinski definition) is 2. The van der Waals surface area contributed by atoms with Crippen LogP contribution in [0.5, 0.6) is 0 Å². The molecule has 2 amide bonds. The van der Waals surface area contributed by atoms with Gasteiger partial charge in [-0.15, -0.1) is 11.8 Å². The van der Waals surface area contributed by atoms with Crippen molar-refractivity contribution in [1.29, 1.82) is 0 Å². The number of methoxy groups -OCH3 is 1. The van der Waals surface area contributed by atoms with Crippen molar-refractivity contribution in [1.82, 2.24) is 10.2 Å². The molecule has 0 aliphatic carbocycles. The van der Waals surface area contributed by atoms with Gasteiger partial charge in [-0.1, -0.05) is 36.9 Å². The summed E-state index contributed by atoms with van der Waals surface area (Å²) in [6, 6.07) is 8.81. The summed E-state index contributed by atoms with van der Waals surface area (Å²) in [5, 5.41) is 11.9. The summed E-state index contributed by atoms with van der Waals surface area (Å²) < 4.78 is 11.0. The second kappa shape index (κ2) is 8.49. The van der Waals surface area contributed by atoms with Crippen LogP contribution in [-0.2, 0) is 23.9 Å². The van der Waals surface area contributed by atoms with Gasteiger partial charge in [0.25, 0.3) is 11.6 Å². The minimum Gasteiger partial charge on any atom is -0.454 e. The number of aliphatic hydroxyl groups excluding tert-OH is 1. The van der Waals surface area contributed by atoms with Crippen LogP contribution >= 0.6 is 11.8 Å². The minimum atomic E-state index is -1.59. The summed E-state index contributed by atoms with van der Waals surface area (Å²) in [7, 11) is 1.32. The monoisotopic (exact) mass is 446 g/mol. The molecular formula is C22H26N2O6S. The number of β-lactam (4-membered cyclic amide) rings is 1. The Bertz CT molecular complexity index is 931. The van der Waals surface area contributed by atoms with E-state index in [9.17, 15) is 19.5 Å². The molecule has 0 radical (unpaired) electrons. The highest BCUT2D eigenvalue weighted by molar-refractivity contribution is 8.01. The van der Waals surface area contributed by atoms with Crippen LogP contribution in [0, 0.1) is 0 Å². The third-order valence-corrected chi connectivity index (χ3v) is 6.75. The van der Waals surface area contributed by atoms with Gasteiger partial charge < -0.3 is 19.9 Å². The number of benzene rings is 1. The van der Waals surface area contributed by atoms with E-state index >= 15 is 0 Å². The Morgan fingerprint density at radius 2 is 2.00 bits per heavy atom. The average molecular weight is 447 g/mol. The van der Waals surface area contributed by atoms with Crippen LogP contribution in [-0.4, -0.2) is 56.8 Å². The quantitative estimate of drug-likeness (QED) is 0.285. The molecule has 0 saturated carbocycles. The number of carbonyl (C=O) groups excluding carboxylic acids is 3. The maximum Gasteiger partial charge on any atom is 0.324 e. The van der Waals surface area contributed by atoms with E-state index in [1.54, 1.807) is 38.1 Å². The fourth-order valence-electron chi connectivity index (χ4n) is 3.46. The molecule has 2 N–H and O–H groups in total. The summed E-state index contributed by atoms with van der Waals surface area (Å²) in [4.78, 5) is 39.0. The number of amides is 2. The van der Waals surface area contributed by atoms with Crippen molar-refractivity contribution in [3.63, 3.8) is 0 Å². The molecule has 1 saturated heterocycles. The smallest absolute Gasteiger partial charge is 0.324 e. The zero-order valence-electron chi connectivity index (χ0n) is 17.8. The fraction of sp³-hybridized carbons (Fsp3) is 0.409. The molecule has 0 spiro atoms. The largest absolute Gasteiger partial charge is 0.454 e. The van der Waals surface area contributed by atoms with E-state index in [4.69, 9.17) is 9.47 Å². The fourth-order valence-corrected chi connectivity index (χ4v) is 4.96. The lowest BCUT2D eigenvalue weighted by molar-refractivity contribution is -0.189. The molecule has 1 aromatic carbocycles. The molecule has 4 atom stereocenters. The van der Waals surface area contributed by atoms with Gasteiger partial charge in [0.2, 0.25) is 5.91 Å². The molecule has 3 unspecified atom stereocenters. The molecule has 166 valence electrons. The van der Waals surface area contributed by atoms with Crippen molar-refractivity contribution < 1.29 is 29.0 Å². The zero-order valence-corrected chi connectivity index (χ0v) is 18.6. The van der Waals surface area contributed by atoms with Crippen molar-refractivity contribution in [2.45, 2.75) is 48.8 Å². The SMILES string of the molecule is C=CC(C)(C)OC(=O)C1S[C@H]2N(C=C1C(O)c1ccccc1)C(=O)C2(NC(C)=O)OC. The Morgan fingerprint density at radius 1 is 1.35 bits per heavy atom. The molecule has 1 aromatic rings. The standard InChI is InChI=1S/C22H26N2O6S/c1-6-21(3,4)30-18(27)17-15(16(26)14-10-8-7-9-11-14)12-24-19(28)22(29-5,20(24)31-17)23-13(2)25/h6-12,16-17,20,26H,1H2,2-5H3,(H,23,25)/t16?,17?,20-,22?/m1/s1. The second-order valence-electron chi connectivity index (χ2n) is 7.87. The predicted molar refractivity (Wildman–Crippen MR) is 115 cm³/mol. The van der Waals surface area contributed by atoms with Crippen molar-refractivity contribution in [2.75, 3.05) is 7.11 Å². The number of ether oxygens (including phenoxy) is 2. The molecule has 31 heavy (non-hydrogen) atoms. The highest BCUT2D eigenvalue weighted by Crippen LogP contribution is 2.49. The Kier molecular flexibility index (Phi) is 6.31. The summed E-state index contributed by atoms with van der Waals surface area (Å²) in [5.74, 6) is -1.52. The first-order valence-electron chi connectivity index (χ1n) is 9.69. The second-order valence-corrected chi connectivity index (χ2v) is 9.06. The van der Waals surface area contributed by atoms with Gasteiger partial charge in [0.1, 0.15) is 22.3 Å². The van der Waals surface area contributed by atoms with E-state index in [1.807, 2.05) is 6.07 Å². The van der Waals surface area contributed by atoms with Crippen molar-refractivity contribution >= 4 is 29.5 Å². The van der Waals surface area contributed by atoms with Crippen LogP contribution in [0.15, 0.2) is 54.8 Å². The van der Waals surface area contributed by atoms with Crippen LogP contribution in [0.3, 0.4) is 0 Å². The summed E-state index contributed by atoms with van der Waals surface area (Å²) in [6.07, 6.45) is 1.82. The summed E-state index contributed by atoms with van der Waals surface area (Å²) in [5.41, 5.74) is -1.65. The zero-order chi connectivity index (χ0) is 23.0. The summed E-state index contributed by atoms with van der Waals surface area (Å²) >= 11 is 1.08. The Hall–Kier alpha value is -2.62. The first-order valence-corrected chi connectivity index (χ1v) is 10.6. The lowest BCUT2D eigenvalue weighted by atomic mass is 9.96. The average Bonchev–Trinajstić information content (AvgIpc) is 2.75. The van der Waals surface area contributed by atoms with Gasteiger partial charge in [-0.3, -0.25) is 19.3 Å². The maximum atomic E-state index is 13.1. The maximum absolute atomic E-state index is 13.1. The number of nitrogens with one attached hydrogen (secondary N) is 1. The number of nitrogens with zero attached hydrogens (tertiary/aromatic N) is 1. The van der Waals surface area contributed by atoms with Gasteiger partial charge in [0, 0.05) is 25.8 Å². The number of carbonyl (C=O) groups is 3. The van der Waals surface area contributed by atoms with Gasteiger partial charge in [-0.25, -0.2) is 0 Å². The van der Waals surface area contributed by atoms with E-state index < -0.39 is 45.8 Å². The molecular weight excluding hydrogens is 420 g/mol. The lowest BCUT2D eigenvalue weighted by Crippen LogP contribution is -2.79. The Balaban J connectivity index is 2.01. The molecule has 0 aromatic heterocycles. The van der Waals surface area contributed by atoms with Gasteiger partial charge in [-0.05, 0) is 25.5 Å². The van der Waals surface area contributed by atoms with Crippen LogP contribution in [0.25, 0.3) is 0 Å². The lowest BCUT2D eigenvalue weighted by Gasteiger charge is -2.55. The Morgan fingerprint density at radius 3 is 2.55 bits per heavy atom. The van der Waals surface area contributed by atoms with Crippen molar-refractivity contribution in [3.8, 4) is 0 Å². The minimum absolute atomic E-state index is 0.304. The molecule has 2 heterocycles. The van der Waals surface area contributed by atoms with Gasteiger partial charge >= 0.3 is 5.97 Å². The van der Waals surface area contributed by atoms with Crippen LogP contribution in [0.1, 0.15) is 32.4 Å². The van der Waals surface area contributed by atoms with Crippen LogP contribution in [0.2, 0.25) is 0 Å². The number of fused-ring (bicyclic) bond motifs is 1. The number of hydrogen-bond acceptors (Lipinski definition) is 7. The van der Waals surface area contributed by atoms with Crippen molar-refractivity contribution in [2.24, 2.45) is 0 Å². The van der Waals surface area contributed by atoms with Crippen LogP contribution < -0.4 is 5.32 Å². The van der Waals surface area contributed by atoms with E-state index in [-0.39, 0.29) is 0 Å². The highest BCUT2D eigenvalue weighted by atomic mass is 32.2. The number of esters is 1. The number of thioether (sulfide) groups is 1. The first kappa shape index (κ1) is 23.1. The molecule has 1 fully saturated rings. The molecule has 2 aliphatic rings. The van der Waals surface area contributed by atoms with E-state index in [0.717, 1.165) is 11.8 Å². The number of rotatable bonds is 7. The molecule has 9 heteroatoms. The third kappa shape index (κ3) is 4.13. The highest BCUT2D eigenvalue weighted by Gasteiger charge is 2.65. The Labute approximate surface area is 185 Å². The summed E-state index contributed by atoms with van der Waals surface area (Å²) in [6.45, 7) is 8.35. The molecule has 8 nitrogen and oxygen atoms in total. The molecule has 2 aliphatic heterocycles. The first-order chi connectivity index (χ1) is 14.6. The third-order valence-electron chi connectivity index (χ3n) is 5.19. The van der Waals surface area contributed by atoms with Gasteiger partial charge in [0.15, 0.2) is 0 Å². The molecule has 3 rings (SSSR count). The topological polar surface area (TPSA) is 105 Å². The van der Waals surface area contributed by atoms with Gasteiger partial charge in [0.05, 0.1) is 0 Å². The normalized spacial score (nSPS) is 26.2. The molecule has 0 bridgehead atoms. The van der Waals surface area contributed by atoms with Crippen LogP contribution in [0.4, 0.5) is 0 Å². The van der Waals surface area contributed by atoms with Crippen molar-refractivity contribution in [3.05, 3.63) is 60.3 Å². The van der Waals surface area contributed by atoms with E-state index in [2.05, 4.69) is 11.9 Å². The number of aliphatic hydroxyl groups is 1. The van der Waals surface area contributed by atoms with E-state index in [0.29, 0.717) is 11.1 Å². The predicted octanol–water partition coefficient (Wildman–Crippen LogP) is 1.87. The van der Waals surface area contributed by atoms with Gasteiger partial charge in [-0.2, -0.15) is 0 Å².